The standard InChI is InChI=1S/C23H19ClFN3S.ClH/c1-23(2,3)27-22-21(26-20-6-4-5-11-28(20)22)19-10-9-18(29-19)8-7-15-12-16(24)14-17(25)13-15;/h4-6,9-14,27H,1-3H3;1H. The molecule has 0 spiro atoms. The summed E-state index contributed by atoms with van der Waals surface area (Å²) in [7, 11) is 0. The van der Waals surface area contributed by atoms with E-state index in [0.29, 0.717) is 10.6 Å². The van der Waals surface area contributed by atoms with E-state index >= 15 is 0 Å². The largest absolute Gasteiger partial charge is 0.365 e. The quantitative estimate of drug-likeness (QED) is 0.330. The van der Waals surface area contributed by atoms with Gasteiger partial charge in [-0.1, -0.05) is 29.5 Å². The lowest BCUT2D eigenvalue weighted by Gasteiger charge is -2.22. The molecule has 0 aliphatic heterocycles. The molecule has 0 amide bonds. The van der Waals surface area contributed by atoms with Gasteiger partial charge in [0.2, 0.25) is 0 Å². The molecule has 30 heavy (non-hydrogen) atoms. The number of halogens is 3. The van der Waals surface area contributed by atoms with E-state index in [9.17, 15) is 4.39 Å². The molecule has 3 aromatic heterocycles. The van der Waals surface area contributed by atoms with Gasteiger partial charge in [-0.25, -0.2) is 9.37 Å². The van der Waals surface area contributed by atoms with Gasteiger partial charge in [0, 0.05) is 22.3 Å². The van der Waals surface area contributed by atoms with Gasteiger partial charge in [-0.2, -0.15) is 0 Å². The summed E-state index contributed by atoms with van der Waals surface area (Å²) in [5.74, 6) is 6.63. The number of anilines is 1. The molecule has 0 saturated heterocycles. The van der Waals surface area contributed by atoms with Crippen LogP contribution in [0.5, 0.6) is 0 Å². The molecule has 0 radical (unpaired) electrons. The lowest BCUT2D eigenvalue weighted by atomic mass is 10.1. The number of pyridine rings is 1. The Kier molecular flexibility index (Phi) is 6.42. The Morgan fingerprint density at radius 1 is 1.10 bits per heavy atom. The number of imidazole rings is 1. The van der Waals surface area contributed by atoms with Crippen LogP contribution in [0.4, 0.5) is 10.2 Å². The number of hydrogen-bond donors (Lipinski definition) is 1. The van der Waals surface area contributed by atoms with Gasteiger partial charge in [-0.3, -0.25) is 4.40 Å². The molecule has 0 aliphatic carbocycles. The van der Waals surface area contributed by atoms with Crippen molar-refractivity contribution in [1.82, 2.24) is 9.38 Å². The van der Waals surface area contributed by atoms with E-state index in [2.05, 4.69) is 42.3 Å². The van der Waals surface area contributed by atoms with E-state index in [1.807, 2.05) is 36.5 Å². The highest BCUT2D eigenvalue weighted by Crippen LogP contribution is 2.35. The molecule has 3 nitrogen and oxygen atoms in total. The molecule has 7 heteroatoms. The molecule has 1 aromatic carbocycles. The minimum Gasteiger partial charge on any atom is -0.365 e. The SMILES string of the molecule is CC(C)(C)Nc1c(-c2ccc(C#Cc3cc(F)cc(Cl)c3)s2)nc2ccccn12.Cl. The Labute approximate surface area is 190 Å². The Morgan fingerprint density at radius 2 is 1.90 bits per heavy atom. The average molecular weight is 460 g/mol. The molecule has 0 atom stereocenters. The molecule has 4 aromatic rings. The molecule has 1 N–H and O–H groups in total. The Balaban J connectivity index is 0.00000256. The van der Waals surface area contributed by atoms with Crippen molar-refractivity contribution < 1.29 is 4.39 Å². The second-order valence-corrected chi connectivity index (χ2v) is 9.21. The van der Waals surface area contributed by atoms with E-state index in [4.69, 9.17) is 16.6 Å². The minimum atomic E-state index is -0.392. The summed E-state index contributed by atoms with van der Waals surface area (Å²) in [6.45, 7) is 6.36. The second-order valence-electron chi connectivity index (χ2n) is 7.68. The van der Waals surface area contributed by atoms with Crippen LogP contribution in [0.15, 0.2) is 54.7 Å². The second kappa shape index (κ2) is 8.69. The summed E-state index contributed by atoms with van der Waals surface area (Å²) >= 11 is 7.45. The smallest absolute Gasteiger partial charge is 0.140 e. The summed E-state index contributed by atoms with van der Waals surface area (Å²) < 4.78 is 15.5. The molecule has 3 heterocycles. The Hall–Kier alpha value is -2.52. The fraction of sp³-hybridized carbons (Fsp3) is 0.174. The first-order valence-electron chi connectivity index (χ1n) is 9.12. The summed E-state index contributed by atoms with van der Waals surface area (Å²) in [6.07, 6.45) is 2.00. The van der Waals surface area contributed by atoms with Gasteiger partial charge in [-0.15, -0.1) is 23.7 Å². The van der Waals surface area contributed by atoms with Crippen molar-refractivity contribution in [2.45, 2.75) is 26.3 Å². The minimum absolute atomic E-state index is 0. The van der Waals surface area contributed by atoms with Gasteiger partial charge in [-0.05, 0) is 63.2 Å². The van der Waals surface area contributed by atoms with Gasteiger partial charge < -0.3 is 5.32 Å². The lowest BCUT2D eigenvalue weighted by molar-refractivity contribution is 0.627. The zero-order valence-electron chi connectivity index (χ0n) is 16.7. The highest BCUT2D eigenvalue weighted by atomic mass is 35.5. The number of thiophene rings is 1. The van der Waals surface area contributed by atoms with Crippen molar-refractivity contribution in [2.75, 3.05) is 5.32 Å². The number of rotatable bonds is 2. The highest BCUT2D eigenvalue weighted by molar-refractivity contribution is 7.16. The molecular weight excluding hydrogens is 440 g/mol. The summed E-state index contributed by atoms with van der Waals surface area (Å²) in [4.78, 5) is 6.71. The molecular formula is C23H20Cl2FN3S. The third-order valence-corrected chi connectivity index (χ3v) is 5.28. The number of nitrogens with zero attached hydrogens (tertiary/aromatic N) is 2. The maximum absolute atomic E-state index is 13.5. The van der Waals surface area contributed by atoms with Crippen LogP contribution >= 0.6 is 35.3 Å². The zero-order chi connectivity index (χ0) is 20.6. The van der Waals surface area contributed by atoms with Crippen LogP contribution < -0.4 is 5.32 Å². The molecule has 4 rings (SSSR count). The van der Waals surface area contributed by atoms with E-state index in [-0.39, 0.29) is 17.9 Å². The van der Waals surface area contributed by atoms with Crippen LogP contribution in [0.1, 0.15) is 31.2 Å². The third-order valence-electron chi connectivity index (χ3n) is 4.06. The van der Waals surface area contributed by atoms with Crippen LogP contribution in [-0.2, 0) is 0 Å². The maximum Gasteiger partial charge on any atom is 0.140 e. The molecule has 0 saturated carbocycles. The molecule has 154 valence electrons. The molecule has 0 fully saturated rings. The monoisotopic (exact) mass is 459 g/mol. The predicted molar refractivity (Wildman–Crippen MR) is 127 cm³/mol. The fourth-order valence-electron chi connectivity index (χ4n) is 2.93. The fourth-order valence-corrected chi connectivity index (χ4v) is 4.01. The summed E-state index contributed by atoms with van der Waals surface area (Å²) in [5.41, 5.74) is 2.20. The van der Waals surface area contributed by atoms with Crippen molar-refractivity contribution >= 4 is 46.8 Å². The van der Waals surface area contributed by atoms with Gasteiger partial charge in [0.15, 0.2) is 0 Å². The number of aromatic nitrogens is 2. The Morgan fingerprint density at radius 3 is 2.63 bits per heavy atom. The van der Waals surface area contributed by atoms with Crippen LogP contribution in [0.2, 0.25) is 5.02 Å². The van der Waals surface area contributed by atoms with E-state index in [1.165, 1.54) is 12.1 Å². The van der Waals surface area contributed by atoms with Crippen LogP contribution in [0.3, 0.4) is 0 Å². The van der Waals surface area contributed by atoms with Gasteiger partial charge in [0.05, 0.1) is 9.75 Å². The van der Waals surface area contributed by atoms with Gasteiger partial charge in [0.25, 0.3) is 0 Å². The Bertz CT molecular complexity index is 1240. The average Bonchev–Trinajstić information content (AvgIpc) is 3.23. The molecule has 0 unspecified atom stereocenters. The lowest BCUT2D eigenvalue weighted by Crippen LogP contribution is -2.27. The topological polar surface area (TPSA) is 29.3 Å². The zero-order valence-corrected chi connectivity index (χ0v) is 19.1. The number of hydrogen-bond acceptors (Lipinski definition) is 3. The van der Waals surface area contributed by atoms with Crippen LogP contribution in [0, 0.1) is 17.7 Å². The predicted octanol–water partition coefficient (Wildman–Crippen LogP) is 6.89. The third kappa shape index (κ3) is 4.96. The van der Waals surface area contributed by atoms with E-state index < -0.39 is 5.82 Å². The van der Waals surface area contributed by atoms with E-state index in [1.54, 1.807) is 17.4 Å². The van der Waals surface area contributed by atoms with E-state index in [0.717, 1.165) is 26.9 Å². The number of benzene rings is 1. The first-order chi connectivity index (χ1) is 13.8. The maximum atomic E-state index is 13.5. The first kappa shape index (κ1) is 22.2. The van der Waals surface area contributed by atoms with Crippen molar-refractivity contribution in [3.8, 4) is 22.4 Å². The van der Waals surface area contributed by atoms with Crippen LogP contribution in [-0.4, -0.2) is 14.9 Å². The van der Waals surface area contributed by atoms with Crippen molar-refractivity contribution in [2.24, 2.45) is 0 Å². The summed E-state index contributed by atoms with van der Waals surface area (Å²) in [5, 5.41) is 3.90. The molecule has 0 bridgehead atoms. The number of nitrogens with one attached hydrogen (secondary N) is 1. The van der Waals surface area contributed by atoms with Gasteiger partial charge in [0.1, 0.15) is 23.0 Å². The first-order valence-corrected chi connectivity index (χ1v) is 10.3. The van der Waals surface area contributed by atoms with Crippen molar-refractivity contribution in [1.29, 1.82) is 0 Å². The van der Waals surface area contributed by atoms with Gasteiger partial charge >= 0.3 is 0 Å². The summed E-state index contributed by atoms with van der Waals surface area (Å²) in [6, 6.07) is 14.2. The highest BCUT2D eigenvalue weighted by Gasteiger charge is 2.20. The van der Waals surface area contributed by atoms with Crippen molar-refractivity contribution in [3.63, 3.8) is 0 Å². The molecule has 0 aliphatic rings. The number of fused-ring (bicyclic) bond motifs is 1. The van der Waals surface area contributed by atoms with Crippen LogP contribution in [0.25, 0.3) is 16.2 Å². The van der Waals surface area contributed by atoms with Crippen molar-refractivity contribution in [3.05, 3.63) is 76.0 Å². The normalized spacial score (nSPS) is 11.0.